The number of hydrogen-bond donors (Lipinski definition) is 3. The average molecular weight is 380 g/mol. The molecule has 0 radical (unpaired) electrons. The van der Waals surface area contributed by atoms with Crippen molar-refractivity contribution in [2.24, 2.45) is 0 Å². The number of thioether (sulfide) groups is 1. The van der Waals surface area contributed by atoms with Gasteiger partial charge in [-0.3, -0.25) is 9.69 Å². The van der Waals surface area contributed by atoms with Gasteiger partial charge in [-0.1, -0.05) is 26.0 Å². The molecule has 1 saturated carbocycles. The van der Waals surface area contributed by atoms with Crippen molar-refractivity contribution in [2.45, 2.75) is 56.6 Å². The Balaban J connectivity index is 1.74. The number of likely N-dealkylation sites (N-methyl/N-ethyl adjacent to an activating group) is 1. The molecule has 1 aliphatic carbocycles. The highest BCUT2D eigenvalue weighted by atomic mass is 32.2. The summed E-state index contributed by atoms with van der Waals surface area (Å²) in [6.45, 7) is 6.82. The van der Waals surface area contributed by atoms with Crippen molar-refractivity contribution in [3.8, 4) is 0 Å². The number of amides is 2. The second kappa shape index (κ2) is 9.83. The van der Waals surface area contributed by atoms with Crippen LogP contribution >= 0.6 is 11.8 Å². The topological polar surface area (TPSA) is 81.7 Å². The molecule has 144 valence electrons. The standard InChI is InChI=1S/C19H29N3O3S/c1-4-22(12-18(23)24)16-10-15(11-16)21-19(25)20-13(3)14-6-8-17(9-7-14)26-5-2/h6-9,13,15-16H,4-5,10-12H2,1-3H3,(H,23,24)(H2,20,21,25). The van der Waals surface area contributed by atoms with Crippen molar-refractivity contribution >= 4 is 23.8 Å². The number of nitrogens with zero attached hydrogens (tertiary/aromatic N) is 1. The minimum Gasteiger partial charge on any atom is -0.480 e. The number of carboxylic acids is 1. The number of carbonyl (C=O) groups excluding carboxylic acids is 1. The Hall–Kier alpha value is -1.73. The van der Waals surface area contributed by atoms with E-state index in [1.807, 2.05) is 30.9 Å². The van der Waals surface area contributed by atoms with Crippen LogP contribution in [0.25, 0.3) is 0 Å². The molecule has 1 aromatic carbocycles. The lowest BCUT2D eigenvalue weighted by molar-refractivity contribution is -0.139. The van der Waals surface area contributed by atoms with Crippen LogP contribution in [0.1, 0.15) is 45.2 Å². The third-order valence-corrected chi connectivity index (χ3v) is 5.64. The smallest absolute Gasteiger partial charge is 0.317 e. The zero-order chi connectivity index (χ0) is 19.1. The van der Waals surface area contributed by atoms with Gasteiger partial charge in [0.15, 0.2) is 0 Å². The van der Waals surface area contributed by atoms with Gasteiger partial charge in [-0.15, -0.1) is 11.8 Å². The summed E-state index contributed by atoms with van der Waals surface area (Å²) in [6.07, 6.45) is 1.59. The Labute approximate surface area is 159 Å². The van der Waals surface area contributed by atoms with E-state index in [4.69, 9.17) is 5.11 Å². The average Bonchev–Trinajstić information content (AvgIpc) is 2.56. The first-order valence-electron chi connectivity index (χ1n) is 9.18. The van der Waals surface area contributed by atoms with Gasteiger partial charge in [0.25, 0.3) is 0 Å². The molecule has 0 bridgehead atoms. The van der Waals surface area contributed by atoms with E-state index in [0.29, 0.717) is 6.54 Å². The monoisotopic (exact) mass is 379 g/mol. The highest BCUT2D eigenvalue weighted by Gasteiger charge is 2.34. The molecular formula is C19H29N3O3S. The summed E-state index contributed by atoms with van der Waals surface area (Å²) in [7, 11) is 0. The molecule has 0 heterocycles. The van der Waals surface area contributed by atoms with Crippen LogP contribution in [0.15, 0.2) is 29.2 Å². The van der Waals surface area contributed by atoms with Gasteiger partial charge in [0.1, 0.15) is 0 Å². The molecular weight excluding hydrogens is 350 g/mol. The highest BCUT2D eigenvalue weighted by molar-refractivity contribution is 7.99. The summed E-state index contributed by atoms with van der Waals surface area (Å²) >= 11 is 1.80. The fraction of sp³-hybridized carbons (Fsp3) is 0.579. The van der Waals surface area contributed by atoms with Crippen LogP contribution in [0.5, 0.6) is 0 Å². The van der Waals surface area contributed by atoms with Gasteiger partial charge < -0.3 is 15.7 Å². The number of urea groups is 1. The zero-order valence-corrected chi connectivity index (χ0v) is 16.5. The van der Waals surface area contributed by atoms with Crippen LogP contribution in [0, 0.1) is 0 Å². The lowest BCUT2D eigenvalue weighted by Gasteiger charge is -2.42. The van der Waals surface area contributed by atoms with Crippen LogP contribution in [0.2, 0.25) is 0 Å². The summed E-state index contributed by atoms with van der Waals surface area (Å²) < 4.78 is 0. The Morgan fingerprint density at radius 2 is 1.92 bits per heavy atom. The van der Waals surface area contributed by atoms with Gasteiger partial charge >= 0.3 is 12.0 Å². The van der Waals surface area contributed by atoms with Gasteiger partial charge in [0.05, 0.1) is 12.6 Å². The molecule has 3 N–H and O–H groups in total. The molecule has 1 aromatic rings. The fourth-order valence-corrected chi connectivity index (χ4v) is 3.86. The third kappa shape index (κ3) is 5.92. The van der Waals surface area contributed by atoms with Crippen molar-refractivity contribution < 1.29 is 14.7 Å². The van der Waals surface area contributed by atoms with E-state index in [9.17, 15) is 9.59 Å². The van der Waals surface area contributed by atoms with E-state index in [1.165, 1.54) is 4.90 Å². The molecule has 1 aliphatic rings. The maximum atomic E-state index is 12.2. The summed E-state index contributed by atoms with van der Waals surface area (Å²) in [5.41, 5.74) is 1.07. The normalized spacial score (nSPS) is 20.3. The molecule has 1 fully saturated rings. The molecule has 6 nitrogen and oxygen atoms in total. The van der Waals surface area contributed by atoms with Crippen LogP contribution in [-0.4, -0.2) is 52.9 Å². The second-order valence-electron chi connectivity index (χ2n) is 6.62. The fourth-order valence-electron chi connectivity index (χ4n) is 3.20. The van der Waals surface area contributed by atoms with Crippen molar-refractivity contribution in [1.82, 2.24) is 15.5 Å². The van der Waals surface area contributed by atoms with Gasteiger partial charge in [0, 0.05) is 17.0 Å². The molecule has 26 heavy (non-hydrogen) atoms. The van der Waals surface area contributed by atoms with E-state index in [1.54, 1.807) is 11.8 Å². The minimum atomic E-state index is -0.807. The lowest BCUT2D eigenvalue weighted by Crippen LogP contribution is -2.56. The van der Waals surface area contributed by atoms with Crippen molar-refractivity contribution in [3.63, 3.8) is 0 Å². The molecule has 0 aliphatic heterocycles. The van der Waals surface area contributed by atoms with E-state index in [-0.39, 0.29) is 30.7 Å². The molecule has 2 rings (SSSR count). The van der Waals surface area contributed by atoms with E-state index in [2.05, 4.69) is 29.7 Å². The molecule has 2 amide bonds. The Morgan fingerprint density at radius 1 is 1.27 bits per heavy atom. The third-order valence-electron chi connectivity index (χ3n) is 4.75. The van der Waals surface area contributed by atoms with Gasteiger partial charge in [0.2, 0.25) is 0 Å². The summed E-state index contributed by atoms with van der Waals surface area (Å²) in [5, 5.41) is 14.9. The number of benzene rings is 1. The zero-order valence-electron chi connectivity index (χ0n) is 15.7. The van der Waals surface area contributed by atoms with Gasteiger partial charge in [-0.25, -0.2) is 4.79 Å². The Morgan fingerprint density at radius 3 is 2.46 bits per heavy atom. The molecule has 0 saturated heterocycles. The maximum Gasteiger partial charge on any atom is 0.317 e. The maximum absolute atomic E-state index is 12.2. The van der Waals surface area contributed by atoms with Gasteiger partial charge in [-0.05, 0) is 49.8 Å². The molecule has 0 spiro atoms. The largest absolute Gasteiger partial charge is 0.480 e. The first-order valence-corrected chi connectivity index (χ1v) is 10.2. The molecule has 7 heteroatoms. The minimum absolute atomic E-state index is 0.0590. The summed E-state index contributed by atoms with van der Waals surface area (Å²) in [5.74, 6) is 0.234. The Bertz CT molecular complexity index is 603. The van der Waals surface area contributed by atoms with Crippen LogP contribution in [-0.2, 0) is 4.79 Å². The SMILES string of the molecule is CCSc1ccc(C(C)NC(=O)NC2CC(N(CC)CC(=O)O)C2)cc1. The van der Waals surface area contributed by atoms with Crippen molar-refractivity contribution in [3.05, 3.63) is 29.8 Å². The number of carboxylic acid groups (broad SMARTS) is 1. The van der Waals surface area contributed by atoms with E-state index in [0.717, 1.165) is 24.2 Å². The lowest BCUT2D eigenvalue weighted by atomic mass is 9.85. The number of hydrogen-bond acceptors (Lipinski definition) is 4. The quantitative estimate of drug-likeness (QED) is 0.575. The number of rotatable bonds is 9. The first kappa shape index (κ1) is 20.6. The molecule has 1 atom stereocenters. The Kier molecular flexibility index (Phi) is 7.78. The van der Waals surface area contributed by atoms with Crippen molar-refractivity contribution in [1.29, 1.82) is 0 Å². The summed E-state index contributed by atoms with van der Waals surface area (Å²) in [4.78, 5) is 26.2. The molecule has 1 unspecified atom stereocenters. The van der Waals surface area contributed by atoms with Crippen LogP contribution in [0.4, 0.5) is 4.79 Å². The van der Waals surface area contributed by atoms with Crippen LogP contribution in [0.3, 0.4) is 0 Å². The van der Waals surface area contributed by atoms with Crippen molar-refractivity contribution in [2.75, 3.05) is 18.8 Å². The number of nitrogens with one attached hydrogen (secondary N) is 2. The predicted molar refractivity (Wildman–Crippen MR) is 105 cm³/mol. The van der Waals surface area contributed by atoms with Crippen LogP contribution < -0.4 is 10.6 Å². The van der Waals surface area contributed by atoms with E-state index < -0.39 is 5.97 Å². The second-order valence-corrected chi connectivity index (χ2v) is 7.96. The summed E-state index contributed by atoms with van der Waals surface area (Å²) in [6, 6.07) is 8.37. The molecule has 0 aromatic heterocycles. The van der Waals surface area contributed by atoms with E-state index >= 15 is 0 Å². The number of aliphatic carboxylic acids is 1. The highest BCUT2D eigenvalue weighted by Crippen LogP contribution is 2.26. The first-order chi connectivity index (χ1) is 12.4. The van der Waals surface area contributed by atoms with Gasteiger partial charge in [-0.2, -0.15) is 0 Å². The predicted octanol–water partition coefficient (Wildman–Crippen LogP) is 3.10. The number of carbonyl (C=O) groups is 2.